The molecule has 0 fully saturated rings. The molecule has 0 radical (unpaired) electrons. The van der Waals surface area contributed by atoms with Gasteiger partial charge >= 0.3 is 0 Å². The minimum Gasteiger partial charge on any atom is -0.393 e. The zero-order chi connectivity index (χ0) is 10.6. The van der Waals surface area contributed by atoms with Crippen LogP contribution in [-0.4, -0.2) is 11.2 Å². The maximum absolute atomic E-state index is 8.85. The third kappa shape index (κ3) is 11.7. The molecule has 0 saturated carbocycles. The Kier molecular flexibility index (Phi) is 10.5. The average Bonchev–Trinajstić information content (AvgIpc) is 2.70. The summed E-state index contributed by atoms with van der Waals surface area (Å²) in [6, 6.07) is 4.04. The van der Waals surface area contributed by atoms with Crippen LogP contribution in [0.1, 0.15) is 46.0 Å². The molecule has 1 rings (SSSR count). The summed E-state index contributed by atoms with van der Waals surface area (Å²) in [5, 5.41) is 12.9. The van der Waals surface area contributed by atoms with Crippen LogP contribution in [0.15, 0.2) is 22.9 Å². The SMILES string of the molecule is CCCCCCC(C)O.c1ccsc1. The van der Waals surface area contributed by atoms with E-state index in [1.165, 1.54) is 25.7 Å². The Labute approximate surface area is 91.8 Å². The van der Waals surface area contributed by atoms with Gasteiger partial charge in [-0.05, 0) is 24.1 Å². The van der Waals surface area contributed by atoms with Crippen LogP contribution in [0.25, 0.3) is 0 Å². The van der Waals surface area contributed by atoms with E-state index in [9.17, 15) is 0 Å². The molecule has 1 unspecified atom stereocenters. The Balaban J connectivity index is 0.000000280. The van der Waals surface area contributed by atoms with Gasteiger partial charge in [0.2, 0.25) is 0 Å². The molecule has 1 aromatic rings. The standard InChI is InChI=1S/C8H18O.C4H4S/c1-3-4-5-6-7-8(2)9;1-2-4-5-3-1/h8-9H,3-7H2,1-2H3;1-4H. The van der Waals surface area contributed by atoms with Crippen LogP contribution in [0.5, 0.6) is 0 Å². The van der Waals surface area contributed by atoms with Crippen molar-refractivity contribution < 1.29 is 5.11 Å². The molecule has 0 spiro atoms. The largest absolute Gasteiger partial charge is 0.393 e. The van der Waals surface area contributed by atoms with E-state index in [4.69, 9.17) is 5.11 Å². The van der Waals surface area contributed by atoms with Crippen molar-refractivity contribution in [2.75, 3.05) is 0 Å². The van der Waals surface area contributed by atoms with Gasteiger partial charge in [-0.1, -0.05) is 44.7 Å². The first-order chi connectivity index (χ1) is 6.77. The van der Waals surface area contributed by atoms with Gasteiger partial charge in [0.05, 0.1) is 6.10 Å². The second-order valence-electron chi connectivity index (χ2n) is 3.49. The van der Waals surface area contributed by atoms with Crippen molar-refractivity contribution in [3.63, 3.8) is 0 Å². The molecule has 1 nitrogen and oxygen atoms in total. The van der Waals surface area contributed by atoms with E-state index < -0.39 is 0 Å². The third-order valence-electron chi connectivity index (χ3n) is 1.90. The first kappa shape index (κ1) is 13.7. The maximum atomic E-state index is 8.85. The molecule has 14 heavy (non-hydrogen) atoms. The zero-order valence-electron chi connectivity index (χ0n) is 9.28. The fourth-order valence-electron chi connectivity index (χ4n) is 1.09. The number of hydrogen-bond donors (Lipinski definition) is 1. The van der Waals surface area contributed by atoms with Gasteiger partial charge in [-0.15, -0.1) is 0 Å². The molecular weight excluding hydrogens is 192 g/mol. The molecule has 1 heterocycles. The second-order valence-corrected chi connectivity index (χ2v) is 4.31. The summed E-state index contributed by atoms with van der Waals surface area (Å²) in [7, 11) is 0. The van der Waals surface area contributed by atoms with E-state index in [0.29, 0.717) is 0 Å². The molecule has 1 atom stereocenters. The molecule has 1 aromatic heterocycles. The Bertz CT molecular complexity index is 153. The van der Waals surface area contributed by atoms with Crippen molar-refractivity contribution in [3.05, 3.63) is 22.9 Å². The molecule has 0 aliphatic rings. The highest BCUT2D eigenvalue weighted by Gasteiger charge is 1.93. The van der Waals surface area contributed by atoms with Crippen LogP contribution >= 0.6 is 11.3 Å². The van der Waals surface area contributed by atoms with Crippen LogP contribution in [0.3, 0.4) is 0 Å². The number of unbranched alkanes of at least 4 members (excludes halogenated alkanes) is 3. The monoisotopic (exact) mass is 214 g/mol. The van der Waals surface area contributed by atoms with Crippen molar-refractivity contribution in [2.24, 2.45) is 0 Å². The van der Waals surface area contributed by atoms with Crippen molar-refractivity contribution in [1.82, 2.24) is 0 Å². The molecule has 0 aromatic carbocycles. The van der Waals surface area contributed by atoms with Crippen molar-refractivity contribution in [2.45, 2.75) is 52.1 Å². The highest BCUT2D eigenvalue weighted by molar-refractivity contribution is 7.07. The van der Waals surface area contributed by atoms with Crippen LogP contribution in [0.2, 0.25) is 0 Å². The summed E-state index contributed by atoms with van der Waals surface area (Å²) in [5.74, 6) is 0. The first-order valence-corrected chi connectivity index (χ1v) is 6.37. The lowest BCUT2D eigenvalue weighted by Crippen LogP contribution is -1.97. The number of aliphatic hydroxyl groups is 1. The van der Waals surface area contributed by atoms with E-state index in [2.05, 4.69) is 6.92 Å². The quantitative estimate of drug-likeness (QED) is 0.732. The van der Waals surface area contributed by atoms with Gasteiger partial charge in [-0.25, -0.2) is 0 Å². The third-order valence-corrected chi connectivity index (χ3v) is 2.53. The van der Waals surface area contributed by atoms with E-state index >= 15 is 0 Å². The predicted octanol–water partition coefficient (Wildman–Crippen LogP) is 4.09. The Morgan fingerprint density at radius 1 is 1.14 bits per heavy atom. The minimum atomic E-state index is -0.0955. The van der Waals surface area contributed by atoms with E-state index in [0.717, 1.165) is 6.42 Å². The molecule has 0 aliphatic heterocycles. The van der Waals surface area contributed by atoms with Gasteiger partial charge in [0, 0.05) is 0 Å². The lowest BCUT2D eigenvalue weighted by molar-refractivity contribution is 0.180. The van der Waals surface area contributed by atoms with Crippen LogP contribution in [-0.2, 0) is 0 Å². The molecule has 2 heteroatoms. The van der Waals surface area contributed by atoms with Crippen LogP contribution in [0, 0.1) is 0 Å². The van der Waals surface area contributed by atoms with Crippen molar-refractivity contribution >= 4 is 11.3 Å². The predicted molar refractivity (Wildman–Crippen MR) is 64.8 cm³/mol. The topological polar surface area (TPSA) is 20.2 Å². The number of rotatable bonds is 5. The first-order valence-electron chi connectivity index (χ1n) is 5.42. The number of aliphatic hydroxyl groups excluding tert-OH is 1. The van der Waals surface area contributed by atoms with Crippen LogP contribution in [0.4, 0.5) is 0 Å². The minimum absolute atomic E-state index is 0.0955. The van der Waals surface area contributed by atoms with Gasteiger partial charge in [0.15, 0.2) is 0 Å². The summed E-state index contributed by atoms with van der Waals surface area (Å²) in [6.45, 7) is 4.05. The van der Waals surface area contributed by atoms with E-state index in [1.807, 2.05) is 29.8 Å². The summed E-state index contributed by atoms with van der Waals surface area (Å²) < 4.78 is 0. The van der Waals surface area contributed by atoms with Crippen molar-refractivity contribution in [3.8, 4) is 0 Å². The lowest BCUT2D eigenvalue weighted by Gasteiger charge is -2.01. The molecule has 0 amide bonds. The molecule has 0 bridgehead atoms. The normalized spacial score (nSPS) is 11.6. The number of hydrogen-bond acceptors (Lipinski definition) is 2. The smallest absolute Gasteiger partial charge is 0.0512 e. The van der Waals surface area contributed by atoms with Crippen molar-refractivity contribution in [1.29, 1.82) is 0 Å². The zero-order valence-corrected chi connectivity index (χ0v) is 10.1. The van der Waals surface area contributed by atoms with Gasteiger partial charge < -0.3 is 5.11 Å². The highest BCUT2D eigenvalue weighted by atomic mass is 32.1. The Morgan fingerprint density at radius 2 is 1.79 bits per heavy atom. The van der Waals surface area contributed by atoms with Gasteiger partial charge in [-0.2, -0.15) is 11.3 Å². The maximum Gasteiger partial charge on any atom is 0.0512 e. The van der Waals surface area contributed by atoms with Crippen LogP contribution < -0.4 is 0 Å². The average molecular weight is 214 g/mol. The highest BCUT2D eigenvalue weighted by Crippen LogP contribution is 2.04. The van der Waals surface area contributed by atoms with Gasteiger partial charge in [0.25, 0.3) is 0 Å². The summed E-state index contributed by atoms with van der Waals surface area (Å²) in [5.41, 5.74) is 0. The van der Waals surface area contributed by atoms with Gasteiger partial charge in [-0.3, -0.25) is 0 Å². The van der Waals surface area contributed by atoms with E-state index in [-0.39, 0.29) is 6.10 Å². The fraction of sp³-hybridized carbons (Fsp3) is 0.667. The second kappa shape index (κ2) is 10.7. The molecule has 0 aliphatic carbocycles. The summed E-state index contributed by atoms with van der Waals surface area (Å²) in [4.78, 5) is 0. The molecule has 82 valence electrons. The fourth-order valence-corrected chi connectivity index (χ4v) is 1.55. The lowest BCUT2D eigenvalue weighted by atomic mass is 10.1. The summed E-state index contributed by atoms with van der Waals surface area (Å²) in [6.07, 6.45) is 5.93. The Hall–Kier alpha value is -0.340. The molecule has 0 saturated heterocycles. The molecule has 1 N–H and O–H groups in total. The van der Waals surface area contributed by atoms with E-state index in [1.54, 1.807) is 11.3 Å². The number of thiophene rings is 1. The summed E-state index contributed by atoms with van der Waals surface area (Å²) >= 11 is 1.71. The molecular formula is C12H22OS. The Morgan fingerprint density at radius 3 is 2.14 bits per heavy atom. The van der Waals surface area contributed by atoms with Gasteiger partial charge in [0.1, 0.15) is 0 Å².